The van der Waals surface area contributed by atoms with Crippen molar-refractivity contribution < 1.29 is 28.6 Å². The number of nitrogens with one attached hydrogen (secondary N) is 2. The number of carbonyl (C=O) groups is 3. The second kappa shape index (κ2) is 14.8. The van der Waals surface area contributed by atoms with Gasteiger partial charge in [0.15, 0.2) is 11.5 Å². The van der Waals surface area contributed by atoms with Gasteiger partial charge in [-0.15, -0.1) is 0 Å². The van der Waals surface area contributed by atoms with Crippen LogP contribution in [0.15, 0.2) is 65.8 Å². The molecule has 2 amide bonds. The monoisotopic (exact) mass is 571 g/mol. The van der Waals surface area contributed by atoms with Gasteiger partial charge in [0.2, 0.25) is 0 Å². The van der Waals surface area contributed by atoms with Crippen molar-refractivity contribution in [2.75, 3.05) is 19.8 Å². The summed E-state index contributed by atoms with van der Waals surface area (Å²) in [6.45, 7) is 4.44. The molecule has 11 heteroatoms. The van der Waals surface area contributed by atoms with E-state index in [1.54, 1.807) is 49.4 Å². The van der Waals surface area contributed by atoms with Gasteiger partial charge in [-0.2, -0.15) is 5.10 Å². The first-order valence-electron chi connectivity index (χ1n) is 12.1. The second-order valence-corrected chi connectivity index (χ2v) is 8.82. The molecule has 0 radical (unpaired) electrons. The van der Waals surface area contributed by atoms with Crippen molar-refractivity contribution in [1.82, 2.24) is 10.7 Å². The molecule has 0 aromatic heterocycles. The van der Waals surface area contributed by atoms with Crippen molar-refractivity contribution in [3.63, 3.8) is 0 Å². The first-order chi connectivity index (χ1) is 18.8. The van der Waals surface area contributed by atoms with Crippen molar-refractivity contribution >= 4 is 47.2 Å². The number of nitrogens with zero attached hydrogens (tertiary/aromatic N) is 1. The van der Waals surface area contributed by atoms with Crippen LogP contribution in [0, 0.1) is 0 Å². The molecule has 0 fully saturated rings. The summed E-state index contributed by atoms with van der Waals surface area (Å²) in [4.78, 5) is 36.9. The minimum absolute atomic E-state index is 0.233. The van der Waals surface area contributed by atoms with Gasteiger partial charge in [-0.05, 0) is 79.6 Å². The third-order valence-corrected chi connectivity index (χ3v) is 5.77. The van der Waals surface area contributed by atoms with Crippen LogP contribution in [0.1, 0.15) is 46.5 Å². The fourth-order valence-electron chi connectivity index (χ4n) is 3.14. The number of amides is 2. The maximum absolute atomic E-state index is 12.6. The Balaban J connectivity index is 1.56. The fourth-order valence-corrected chi connectivity index (χ4v) is 3.44. The molecule has 0 spiro atoms. The summed E-state index contributed by atoms with van der Waals surface area (Å²) in [7, 11) is 0. The van der Waals surface area contributed by atoms with Gasteiger partial charge < -0.3 is 19.5 Å². The summed E-state index contributed by atoms with van der Waals surface area (Å²) in [5.41, 5.74) is 3.54. The maximum Gasteiger partial charge on any atom is 0.343 e. The highest BCUT2D eigenvalue weighted by molar-refractivity contribution is 6.42. The Labute approximate surface area is 236 Å². The number of hydrogen-bond acceptors (Lipinski definition) is 7. The number of carbonyl (C=O) groups excluding carboxylic acids is 3. The summed E-state index contributed by atoms with van der Waals surface area (Å²) < 4.78 is 16.7. The number of esters is 1. The van der Waals surface area contributed by atoms with Crippen molar-refractivity contribution in [1.29, 1.82) is 0 Å². The average Bonchev–Trinajstić information content (AvgIpc) is 2.93. The SMILES string of the molecule is CCCOc1ccc(C(=O)Oc2ccc(C=NNC(=O)CNC(=O)c3ccc(Cl)c(Cl)c3)cc2OCC)cc1. The van der Waals surface area contributed by atoms with E-state index in [4.69, 9.17) is 37.4 Å². The summed E-state index contributed by atoms with van der Waals surface area (Å²) >= 11 is 11.8. The number of hydrazone groups is 1. The third-order valence-electron chi connectivity index (χ3n) is 5.03. The van der Waals surface area contributed by atoms with Crippen LogP contribution < -0.4 is 25.0 Å². The Hall–Kier alpha value is -4.08. The summed E-state index contributed by atoms with van der Waals surface area (Å²) in [5.74, 6) is -0.332. The molecule has 3 aromatic rings. The predicted octanol–water partition coefficient (Wildman–Crippen LogP) is 5.28. The molecule has 3 rings (SSSR count). The first-order valence-corrected chi connectivity index (χ1v) is 12.8. The van der Waals surface area contributed by atoms with Gasteiger partial charge in [-0.25, -0.2) is 10.2 Å². The van der Waals surface area contributed by atoms with E-state index in [-0.39, 0.29) is 22.9 Å². The molecule has 9 nitrogen and oxygen atoms in total. The van der Waals surface area contributed by atoms with E-state index in [9.17, 15) is 14.4 Å². The van der Waals surface area contributed by atoms with E-state index < -0.39 is 17.8 Å². The zero-order valence-corrected chi connectivity index (χ0v) is 22.8. The van der Waals surface area contributed by atoms with Gasteiger partial charge in [0.25, 0.3) is 11.8 Å². The highest BCUT2D eigenvalue weighted by atomic mass is 35.5. The second-order valence-electron chi connectivity index (χ2n) is 8.01. The lowest BCUT2D eigenvalue weighted by molar-refractivity contribution is -0.120. The maximum atomic E-state index is 12.6. The molecule has 2 N–H and O–H groups in total. The lowest BCUT2D eigenvalue weighted by atomic mass is 10.2. The zero-order valence-electron chi connectivity index (χ0n) is 21.3. The lowest BCUT2D eigenvalue weighted by Gasteiger charge is -2.12. The van der Waals surface area contributed by atoms with E-state index >= 15 is 0 Å². The number of ether oxygens (including phenoxy) is 3. The van der Waals surface area contributed by atoms with Crippen molar-refractivity contribution in [3.8, 4) is 17.2 Å². The molecule has 0 atom stereocenters. The molecule has 0 aliphatic rings. The molecule has 3 aromatic carbocycles. The first kappa shape index (κ1) is 29.5. The Bertz CT molecular complexity index is 1350. The molecule has 0 heterocycles. The van der Waals surface area contributed by atoms with Crippen LogP contribution in [0.5, 0.6) is 17.2 Å². The molecular formula is C28H27Cl2N3O6. The van der Waals surface area contributed by atoms with Crippen LogP contribution in [0.25, 0.3) is 0 Å². The molecule has 0 bridgehead atoms. The van der Waals surface area contributed by atoms with Gasteiger partial charge >= 0.3 is 5.97 Å². The average molecular weight is 572 g/mol. The Kier molecular flexibility index (Phi) is 11.1. The number of hydrogen-bond donors (Lipinski definition) is 2. The normalized spacial score (nSPS) is 10.7. The fraction of sp³-hybridized carbons (Fsp3) is 0.214. The van der Waals surface area contributed by atoms with Gasteiger partial charge in [-0.3, -0.25) is 9.59 Å². The number of halogens is 2. The smallest absolute Gasteiger partial charge is 0.343 e. The van der Waals surface area contributed by atoms with Crippen LogP contribution in [-0.2, 0) is 4.79 Å². The predicted molar refractivity (Wildman–Crippen MR) is 149 cm³/mol. The van der Waals surface area contributed by atoms with E-state index in [1.165, 1.54) is 24.4 Å². The van der Waals surface area contributed by atoms with Gasteiger partial charge in [-0.1, -0.05) is 30.1 Å². The van der Waals surface area contributed by atoms with E-state index in [0.717, 1.165) is 6.42 Å². The molecule has 0 aliphatic heterocycles. The highest BCUT2D eigenvalue weighted by Crippen LogP contribution is 2.29. The van der Waals surface area contributed by atoms with Crippen LogP contribution in [0.2, 0.25) is 10.0 Å². The van der Waals surface area contributed by atoms with Crippen molar-refractivity contribution in [2.24, 2.45) is 5.10 Å². The van der Waals surface area contributed by atoms with Gasteiger partial charge in [0.1, 0.15) is 5.75 Å². The molecule has 39 heavy (non-hydrogen) atoms. The minimum atomic E-state index is -0.547. The Morgan fingerprint density at radius 2 is 1.62 bits per heavy atom. The topological polar surface area (TPSA) is 115 Å². The molecule has 0 unspecified atom stereocenters. The van der Waals surface area contributed by atoms with Crippen LogP contribution in [0.3, 0.4) is 0 Å². The molecule has 0 aliphatic carbocycles. The number of benzene rings is 3. The van der Waals surface area contributed by atoms with Crippen LogP contribution in [0.4, 0.5) is 0 Å². The quantitative estimate of drug-likeness (QED) is 0.132. The molecule has 0 saturated carbocycles. The molecule has 0 saturated heterocycles. The standard InChI is InChI=1S/C28H27Cl2N3O6/c1-3-13-38-21-9-6-19(7-10-21)28(36)39-24-12-5-18(14-25(24)37-4-2)16-32-33-26(34)17-31-27(35)20-8-11-22(29)23(30)15-20/h5-12,14-16H,3-4,13,17H2,1-2H3,(H,31,35)(H,33,34). The van der Waals surface area contributed by atoms with E-state index in [0.29, 0.717) is 40.9 Å². The van der Waals surface area contributed by atoms with E-state index in [2.05, 4.69) is 15.8 Å². The van der Waals surface area contributed by atoms with Crippen molar-refractivity contribution in [2.45, 2.75) is 20.3 Å². The highest BCUT2D eigenvalue weighted by Gasteiger charge is 2.14. The summed E-state index contributed by atoms with van der Waals surface area (Å²) in [5, 5.41) is 6.92. The van der Waals surface area contributed by atoms with Crippen LogP contribution >= 0.6 is 23.2 Å². The molecular weight excluding hydrogens is 545 g/mol. The van der Waals surface area contributed by atoms with Gasteiger partial charge in [0, 0.05) is 5.56 Å². The lowest BCUT2D eigenvalue weighted by Crippen LogP contribution is -2.34. The zero-order chi connectivity index (χ0) is 28.2. The Morgan fingerprint density at radius 3 is 2.31 bits per heavy atom. The molecule has 204 valence electrons. The Morgan fingerprint density at radius 1 is 0.872 bits per heavy atom. The van der Waals surface area contributed by atoms with E-state index in [1.807, 2.05) is 6.92 Å². The number of rotatable bonds is 12. The third kappa shape index (κ3) is 9.01. The van der Waals surface area contributed by atoms with Crippen molar-refractivity contribution in [3.05, 3.63) is 87.4 Å². The largest absolute Gasteiger partial charge is 0.494 e. The minimum Gasteiger partial charge on any atom is -0.494 e. The summed E-state index contributed by atoms with van der Waals surface area (Å²) in [6, 6.07) is 15.9. The van der Waals surface area contributed by atoms with Crippen LogP contribution in [-0.4, -0.2) is 43.8 Å². The van der Waals surface area contributed by atoms with Gasteiger partial charge in [0.05, 0.1) is 41.6 Å². The summed E-state index contributed by atoms with van der Waals surface area (Å²) in [6.07, 6.45) is 2.28.